The zero-order valence-corrected chi connectivity index (χ0v) is 12.7. The van der Waals surface area contributed by atoms with Crippen molar-refractivity contribution in [3.63, 3.8) is 0 Å². The Morgan fingerprint density at radius 3 is 2.80 bits per heavy atom. The van der Waals surface area contributed by atoms with Gasteiger partial charge in [-0.2, -0.15) is 0 Å². The van der Waals surface area contributed by atoms with Gasteiger partial charge in [0.05, 0.1) is 6.10 Å². The lowest BCUT2D eigenvalue weighted by molar-refractivity contribution is 0.0664. The molecule has 1 heterocycles. The average Bonchev–Trinajstić information content (AvgIpc) is 2.80. The van der Waals surface area contributed by atoms with Crippen molar-refractivity contribution in [2.75, 3.05) is 31.3 Å². The predicted molar refractivity (Wildman–Crippen MR) is 81.2 cm³/mol. The second-order valence-corrected chi connectivity index (χ2v) is 6.40. The molecule has 2 unspecified atom stereocenters. The van der Waals surface area contributed by atoms with Crippen LogP contribution in [0.2, 0.25) is 0 Å². The van der Waals surface area contributed by atoms with Gasteiger partial charge in [0.25, 0.3) is 5.91 Å². The van der Waals surface area contributed by atoms with Gasteiger partial charge in [0.2, 0.25) is 0 Å². The summed E-state index contributed by atoms with van der Waals surface area (Å²) in [5.41, 5.74) is 5.78. The second-order valence-electron chi connectivity index (χ2n) is 5.43. The first kappa shape index (κ1) is 15.1. The van der Waals surface area contributed by atoms with E-state index >= 15 is 0 Å². The smallest absolute Gasteiger partial charge is 0.265 e. The van der Waals surface area contributed by atoms with E-state index in [1.807, 2.05) is 19.0 Å². The Kier molecular flexibility index (Phi) is 4.82. The van der Waals surface area contributed by atoms with E-state index in [4.69, 9.17) is 5.73 Å². The Morgan fingerprint density at radius 2 is 2.20 bits per heavy atom. The molecule has 1 aromatic rings. The predicted octanol–water partition coefficient (Wildman–Crippen LogP) is 1.07. The molecule has 0 radical (unpaired) electrons. The first-order chi connectivity index (χ1) is 9.49. The Bertz CT molecular complexity index is 475. The van der Waals surface area contributed by atoms with Gasteiger partial charge in [0.15, 0.2) is 5.13 Å². The normalized spacial score (nSPS) is 22.6. The van der Waals surface area contributed by atoms with Crippen LogP contribution in [0.15, 0.2) is 0 Å². The minimum Gasteiger partial charge on any atom is -0.393 e. The van der Waals surface area contributed by atoms with E-state index in [1.165, 1.54) is 11.3 Å². The summed E-state index contributed by atoms with van der Waals surface area (Å²) in [6.45, 7) is 0.495. The highest BCUT2D eigenvalue weighted by molar-refractivity contribution is 7.18. The number of thiazole rings is 1. The average molecular weight is 298 g/mol. The molecule has 4 N–H and O–H groups in total. The van der Waals surface area contributed by atoms with Crippen LogP contribution in [0.4, 0.5) is 10.9 Å². The first-order valence-electron chi connectivity index (χ1n) is 6.89. The van der Waals surface area contributed by atoms with Crippen LogP contribution in [0.3, 0.4) is 0 Å². The van der Waals surface area contributed by atoms with Crippen LogP contribution in [-0.2, 0) is 0 Å². The number of nitrogens with zero attached hydrogens (tertiary/aromatic N) is 2. The number of amides is 1. The van der Waals surface area contributed by atoms with Crippen LogP contribution >= 0.6 is 11.3 Å². The monoisotopic (exact) mass is 298 g/mol. The zero-order valence-electron chi connectivity index (χ0n) is 11.9. The molecule has 1 fully saturated rings. The molecule has 1 aliphatic carbocycles. The fourth-order valence-electron chi connectivity index (χ4n) is 2.40. The Labute approximate surface area is 123 Å². The third-order valence-electron chi connectivity index (χ3n) is 3.62. The number of rotatable bonds is 4. The molecule has 0 spiro atoms. The summed E-state index contributed by atoms with van der Waals surface area (Å²) in [7, 11) is 3.72. The maximum atomic E-state index is 12.1. The highest BCUT2D eigenvalue weighted by atomic mass is 32.1. The number of anilines is 2. The first-order valence-corrected chi connectivity index (χ1v) is 7.70. The number of carbonyl (C=O) groups is 1. The van der Waals surface area contributed by atoms with Gasteiger partial charge >= 0.3 is 0 Å². The van der Waals surface area contributed by atoms with E-state index in [-0.39, 0.29) is 23.7 Å². The van der Waals surface area contributed by atoms with Crippen LogP contribution in [0.25, 0.3) is 0 Å². The molecule has 112 valence electrons. The summed E-state index contributed by atoms with van der Waals surface area (Å²) in [4.78, 5) is 18.5. The van der Waals surface area contributed by atoms with E-state index in [2.05, 4.69) is 10.3 Å². The third-order valence-corrected chi connectivity index (χ3v) is 4.86. The number of hydrogen-bond acceptors (Lipinski definition) is 6. The summed E-state index contributed by atoms with van der Waals surface area (Å²) in [5, 5.41) is 13.5. The highest BCUT2D eigenvalue weighted by Gasteiger charge is 2.24. The maximum Gasteiger partial charge on any atom is 0.265 e. The third kappa shape index (κ3) is 3.40. The summed E-state index contributed by atoms with van der Waals surface area (Å²) in [6.07, 6.45) is 3.67. The largest absolute Gasteiger partial charge is 0.393 e. The number of nitrogens with two attached hydrogens (primary N) is 1. The quantitative estimate of drug-likeness (QED) is 0.773. The molecule has 20 heavy (non-hydrogen) atoms. The number of carbonyl (C=O) groups excluding carboxylic acids is 1. The number of aliphatic hydroxyl groups excluding tert-OH is 1. The van der Waals surface area contributed by atoms with E-state index in [1.54, 1.807) is 0 Å². The van der Waals surface area contributed by atoms with Crippen LogP contribution < -0.4 is 16.0 Å². The fraction of sp³-hybridized carbons (Fsp3) is 0.692. The van der Waals surface area contributed by atoms with Crippen molar-refractivity contribution in [2.24, 2.45) is 5.92 Å². The van der Waals surface area contributed by atoms with E-state index in [9.17, 15) is 9.90 Å². The molecule has 1 aliphatic rings. The van der Waals surface area contributed by atoms with E-state index in [0.29, 0.717) is 16.6 Å². The number of hydrogen-bond donors (Lipinski definition) is 3. The van der Waals surface area contributed by atoms with Crippen molar-refractivity contribution in [2.45, 2.75) is 31.8 Å². The standard InChI is InChI=1S/C13H22N4O2S/c1-17(2)13-16-11(14)10(20-13)12(19)15-7-8-5-3-4-6-9(8)18/h8-9,18H,3-7,14H2,1-2H3,(H,15,19). The van der Waals surface area contributed by atoms with Crippen LogP contribution in [0.1, 0.15) is 35.4 Å². The summed E-state index contributed by atoms with van der Waals surface area (Å²) < 4.78 is 0. The van der Waals surface area contributed by atoms with Crippen LogP contribution in [0, 0.1) is 5.92 Å². The molecule has 0 aliphatic heterocycles. The SMILES string of the molecule is CN(C)c1nc(N)c(C(=O)NCC2CCCCC2O)s1. The van der Waals surface area contributed by atoms with Crippen molar-refractivity contribution < 1.29 is 9.90 Å². The van der Waals surface area contributed by atoms with Gasteiger partial charge in [-0.15, -0.1) is 0 Å². The van der Waals surface area contributed by atoms with Crippen molar-refractivity contribution in [1.29, 1.82) is 0 Å². The number of nitrogen functional groups attached to an aromatic ring is 1. The maximum absolute atomic E-state index is 12.1. The lowest BCUT2D eigenvalue weighted by Crippen LogP contribution is -2.36. The lowest BCUT2D eigenvalue weighted by atomic mass is 9.86. The lowest BCUT2D eigenvalue weighted by Gasteiger charge is -2.27. The molecule has 1 saturated carbocycles. The highest BCUT2D eigenvalue weighted by Crippen LogP contribution is 2.27. The second kappa shape index (κ2) is 6.41. The van der Waals surface area contributed by atoms with Crippen LogP contribution in [0.5, 0.6) is 0 Å². The van der Waals surface area contributed by atoms with Crippen molar-refractivity contribution >= 4 is 28.2 Å². The van der Waals surface area contributed by atoms with Gasteiger partial charge in [-0.05, 0) is 12.8 Å². The Morgan fingerprint density at radius 1 is 1.50 bits per heavy atom. The Hall–Kier alpha value is -1.34. The zero-order chi connectivity index (χ0) is 14.7. The van der Waals surface area contributed by atoms with Crippen molar-refractivity contribution in [1.82, 2.24) is 10.3 Å². The number of aromatic nitrogens is 1. The molecule has 0 saturated heterocycles. The van der Waals surface area contributed by atoms with Gasteiger partial charge < -0.3 is 21.1 Å². The summed E-state index contributed by atoms with van der Waals surface area (Å²) in [5.74, 6) is 0.210. The van der Waals surface area contributed by atoms with Gasteiger partial charge in [-0.25, -0.2) is 4.98 Å². The molecule has 0 bridgehead atoms. The molecule has 1 aromatic heterocycles. The van der Waals surface area contributed by atoms with Crippen molar-refractivity contribution in [3.8, 4) is 0 Å². The van der Waals surface area contributed by atoms with Gasteiger partial charge in [0.1, 0.15) is 10.7 Å². The molecular weight excluding hydrogens is 276 g/mol. The molecule has 0 aromatic carbocycles. The van der Waals surface area contributed by atoms with Gasteiger partial charge in [0, 0.05) is 26.6 Å². The summed E-state index contributed by atoms with van der Waals surface area (Å²) >= 11 is 1.28. The Balaban J connectivity index is 1.94. The number of nitrogens with one attached hydrogen (secondary N) is 1. The van der Waals surface area contributed by atoms with Crippen LogP contribution in [-0.4, -0.2) is 42.7 Å². The molecular formula is C13H22N4O2S. The topological polar surface area (TPSA) is 91.5 Å². The molecule has 2 atom stereocenters. The minimum atomic E-state index is -0.305. The van der Waals surface area contributed by atoms with E-state index < -0.39 is 0 Å². The van der Waals surface area contributed by atoms with Gasteiger partial charge in [-0.3, -0.25) is 4.79 Å². The van der Waals surface area contributed by atoms with Crippen molar-refractivity contribution in [3.05, 3.63) is 4.88 Å². The van der Waals surface area contributed by atoms with Gasteiger partial charge in [-0.1, -0.05) is 24.2 Å². The summed E-state index contributed by atoms with van der Waals surface area (Å²) in [6, 6.07) is 0. The van der Waals surface area contributed by atoms with E-state index in [0.717, 1.165) is 25.7 Å². The molecule has 2 rings (SSSR count). The fourth-order valence-corrected chi connectivity index (χ4v) is 3.23. The number of aliphatic hydroxyl groups is 1. The molecule has 6 nitrogen and oxygen atoms in total. The molecule has 1 amide bonds. The minimum absolute atomic E-state index is 0.148. The molecule has 7 heteroatoms.